The van der Waals surface area contributed by atoms with Gasteiger partial charge in [0.1, 0.15) is 24.9 Å². The van der Waals surface area contributed by atoms with Crippen LogP contribution in [0.1, 0.15) is 19.3 Å². The molecule has 1 radical (unpaired) electrons. The van der Waals surface area contributed by atoms with E-state index in [1.165, 1.54) is 0 Å². The summed E-state index contributed by atoms with van der Waals surface area (Å²) in [4.78, 5) is 11.5. The van der Waals surface area contributed by atoms with E-state index in [9.17, 15) is 15.0 Å². The lowest BCUT2D eigenvalue weighted by Crippen LogP contribution is -2.48. The summed E-state index contributed by atoms with van der Waals surface area (Å²) in [6, 6.07) is -0.919. The lowest BCUT2D eigenvalue weighted by atomic mass is 9.97. The topological polar surface area (TPSA) is 150 Å². The van der Waals surface area contributed by atoms with E-state index >= 15 is 0 Å². The number of carbonyl (C=O) groups is 1. The van der Waals surface area contributed by atoms with Crippen molar-refractivity contribution in [2.75, 3.05) is 6.54 Å². The molecule has 0 aliphatic carbocycles. The van der Waals surface area contributed by atoms with Gasteiger partial charge in [0.2, 0.25) is 0 Å². The molecule has 0 aromatic heterocycles. The van der Waals surface area contributed by atoms with Crippen LogP contribution in [-0.2, 0) is 4.79 Å². The van der Waals surface area contributed by atoms with E-state index in [1.54, 1.807) is 0 Å². The van der Waals surface area contributed by atoms with Gasteiger partial charge in [0, 0.05) is 0 Å². The Morgan fingerprint density at radius 1 is 1.24 bits per heavy atom. The van der Waals surface area contributed by atoms with Crippen LogP contribution in [0.2, 0.25) is 0 Å². The number of aliphatic hydroxyl groups is 4. The second-order valence-electron chi connectivity index (χ2n) is 3.87. The monoisotopic (exact) mass is 249 g/mol. The molecule has 0 aliphatic heterocycles. The molecule has 0 aromatic rings. The van der Waals surface area contributed by atoms with E-state index in [0.29, 0.717) is 32.4 Å². The number of carbonyl (C=O) groups excluding carboxylic acids is 1. The first-order valence-electron chi connectivity index (χ1n) is 5.46. The minimum absolute atomic E-state index is 0.293. The Morgan fingerprint density at radius 3 is 2.29 bits per heavy atom. The van der Waals surface area contributed by atoms with Crippen molar-refractivity contribution in [2.24, 2.45) is 11.5 Å². The first kappa shape index (κ1) is 16.4. The first-order chi connectivity index (χ1) is 7.95. The second-order valence-corrected chi connectivity index (χ2v) is 3.87. The fraction of sp³-hybridized carbons (Fsp3) is 0.800. The van der Waals surface area contributed by atoms with Gasteiger partial charge in [0.25, 0.3) is 0 Å². The molecular weight excluding hydrogens is 228 g/mol. The molecule has 0 aliphatic rings. The Hall–Kier alpha value is -0.570. The Labute approximate surface area is 100 Å². The van der Waals surface area contributed by atoms with Gasteiger partial charge >= 0.3 is 0 Å². The first-order valence-corrected chi connectivity index (χ1v) is 5.46. The molecule has 0 aromatic carbocycles. The van der Waals surface area contributed by atoms with E-state index in [-0.39, 0.29) is 0 Å². The quantitative estimate of drug-likeness (QED) is 0.250. The van der Waals surface area contributed by atoms with Crippen molar-refractivity contribution >= 4 is 5.78 Å². The minimum atomic E-state index is -1.82. The highest BCUT2D eigenvalue weighted by atomic mass is 16.4. The Morgan fingerprint density at radius 2 is 1.82 bits per heavy atom. The Kier molecular flexibility index (Phi) is 8.23. The smallest absolute Gasteiger partial charge is 0.180 e. The maximum atomic E-state index is 11.5. The molecule has 3 unspecified atom stereocenters. The van der Waals surface area contributed by atoms with E-state index in [1.807, 2.05) is 0 Å². The van der Waals surface area contributed by atoms with Gasteiger partial charge in [-0.15, -0.1) is 0 Å². The van der Waals surface area contributed by atoms with Crippen molar-refractivity contribution in [3.8, 4) is 0 Å². The number of nitrogens with two attached hydrogens (primary N) is 2. The predicted molar refractivity (Wildman–Crippen MR) is 60.1 cm³/mol. The molecule has 0 fully saturated rings. The summed E-state index contributed by atoms with van der Waals surface area (Å²) in [6.45, 7) is 0.783. The van der Waals surface area contributed by atoms with Crippen molar-refractivity contribution in [3.63, 3.8) is 0 Å². The minimum Gasteiger partial charge on any atom is -0.387 e. The van der Waals surface area contributed by atoms with Gasteiger partial charge in [-0.3, -0.25) is 4.79 Å². The third kappa shape index (κ3) is 5.53. The highest BCUT2D eigenvalue weighted by molar-refractivity contribution is 5.88. The molecule has 8 N–H and O–H groups in total. The number of ketones is 1. The molecule has 7 nitrogen and oxygen atoms in total. The molecule has 101 valence electrons. The van der Waals surface area contributed by atoms with Gasteiger partial charge in [0.05, 0.1) is 6.04 Å². The molecule has 4 atom stereocenters. The number of Topliss-reactive ketones (excluding diaryl/α,β-unsaturated/α-hetero) is 1. The predicted octanol–water partition coefficient (Wildman–Crippen LogP) is -2.37. The summed E-state index contributed by atoms with van der Waals surface area (Å²) in [7, 11) is 0. The molecule has 0 saturated carbocycles. The van der Waals surface area contributed by atoms with Crippen LogP contribution in [0.15, 0.2) is 0 Å². The third-order valence-electron chi connectivity index (χ3n) is 2.45. The molecule has 0 rings (SSSR count). The van der Waals surface area contributed by atoms with Crippen LogP contribution in [0, 0.1) is 6.61 Å². The van der Waals surface area contributed by atoms with E-state index in [0.717, 1.165) is 0 Å². The molecule has 0 amide bonds. The number of aliphatic hydroxyl groups excluding tert-OH is 4. The normalized spacial score (nSPS) is 18.5. The molecule has 0 bridgehead atoms. The summed E-state index contributed by atoms with van der Waals surface area (Å²) < 4.78 is 0. The molecule has 17 heavy (non-hydrogen) atoms. The largest absolute Gasteiger partial charge is 0.387 e. The maximum Gasteiger partial charge on any atom is 0.180 e. The van der Waals surface area contributed by atoms with Crippen LogP contribution in [-0.4, -0.2) is 57.1 Å². The standard InChI is InChI=1S/C10H21N2O5/c11-4-2-1-3-6(12)8(15)10(17)9(16)7(14)5-13/h5-7,9-10,13-14,16-17H,1-4,11-12H2/t6-,7?,9?,10?/m0/s1. The van der Waals surface area contributed by atoms with Gasteiger partial charge in [-0.2, -0.15) is 0 Å². The highest BCUT2D eigenvalue weighted by Gasteiger charge is 2.32. The zero-order valence-corrected chi connectivity index (χ0v) is 9.57. The summed E-state index contributed by atoms with van der Waals surface area (Å²) in [5, 5.41) is 36.2. The fourth-order valence-electron chi connectivity index (χ4n) is 1.31. The molecule has 7 heteroatoms. The number of hydrogen-bond acceptors (Lipinski definition) is 7. The van der Waals surface area contributed by atoms with Crippen molar-refractivity contribution < 1.29 is 25.2 Å². The SMILES string of the molecule is NCCCC[C@H](N)C(=O)C(O)C(O)C(O)[CH]O. The van der Waals surface area contributed by atoms with Crippen molar-refractivity contribution in [1.82, 2.24) is 0 Å². The van der Waals surface area contributed by atoms with E-state index < -0.39 is 30.1 Å². The Bertz CT molecular complexity index is 227. The number of hydrogen-bond donors (Lipinski definition) is 6. The molecule has 0 saturated heterocycles. The van der Waals surface area contributed by atoms with Crippen molar-refractivity contribution in [3.05, 3.63) is 6.61 Å². The van der Waals surface area contributed by atoms with Crippen molar-refractivity contribution in [2.45, 2.75) is 43.6 Å². The summed E-state index contributed by atoms with van der Waals surface area (Å²) in [5.41, 5.74) is 10.8. The lowest BCUT2D eigenvalue weighted by Gasteiger charge is -2.22. The molecule has 0 spiro atoms. The highest BCUT2D eigenvalue weighted by Crippen LogP contribution is 2.08. The van der Waals surface area contributed by atoms with Crippen LogP contribution >= 0.6 is 0 Å². The average molecular weight is 249 g/mol. The summed E-state index contributed by atoms with van der Waals surface area (Å²) in [6.07, 6.45) is -3.59. The second kappa shape index (κ2) is 8.51. The van der Waals surface area contributed by atoms with Gasteiger partial charge in [-0.1, -0.05) is 6.42 Å². The van der Waals surface area contributed by atoms with Crippen molar-refractivity contribution in [1.29, 1.82) is 0 Å². The van der Waals surface area contributed by atoms with Gasteiger partial charge in [-0.25, -0.2) is 0 Å². The van der Waals surface area contributed by atoms with Crippen LogP contribution in [0.25, 0.3) is 0 Å². The number of unbranched alkanes of at least 4 members (excludes halogenated alkanes) is 1. The average Bonchev–Trinajstić information content (AvgIpc) is 2.35. The lowest BCUT2D eigenvalue weighted by molar-refractivity contribution is -0.139. The molecular formula is C10H21N2O5. The summed E-state index contributed by atoms with van der Waals surface area (Å²) >= 11 is 0. The molecule has 0 heterocycles. The Balaban J connectivity index is 4.18. The number of rotatable bonds is 9. The zero-order chi connectivity index (χ0) is 13.4. The van der Waals surface area contributed by atoms with Crippen LogP contribution < -0.4 is 11.5 Å². The van der Waals surface area contributed by atoms with Crippen LogP contribution in [0.4, 0.5) is 0 Å². The summed E-state index contributed by atoms with van der Waals surface area (Å²) in [5.74, 6) is -0.768. The van der Waals surface area contributed by atoms with Gasteiger partial charge < -0.3 is 31.9 Å². The van der Waals surface area contributed by atoms with Gasteiger partial charge in [0.15, 0.2) is 5.78 Å². The van der Waals surface area contributed by atoms with E-state index in [4.69, 9.17) is 21.7 Å². The van der Waals surface area contributed by atoms with Crippen LogP contribution in [0.5, 0.6) is 0 Å². The maximum absolute atomic E-state index is 11.5. The fourth-order valence-corrected chi connectivity index (χ4v) is 1.31. The zero-order valence-electron chi connectivity index (χ0n) is 9.57. The van der Waals surface area contributed by atoms with E-state index in [2.05, 4.69) is 0 Å². The van der Waals surface area contributed by atoms with Gasteiger partial charge in [-0.05, 0) is 19.4 Å². The van der Waals surface area contributed by atoms with Crippen LogP contribution in [0.3, 0.4) is 0 Å². The third-order valence-corrected chi connectivity index (χ3v) is 2.45.